The Balaban J connectivity index is 1.59. The molecule has 3 nitrogen and oxygen atoms in total. The molecule has 19 heavy (non-hydrogen) atoms. The van der Waals surface area contributed by atoms with Crippen LogP contribution in [0.4, 0.5) is 0 Å². The third kappa shape index (κ3) is 2.77. The van der Waals surface area contributed by atoms with Crippen LogP contribution in [0, 0.1) is 5.92 Å². The van der Waals surface area contributed by atoms with Gasteiger partial charge >= 0.3 is 0 Å². The fraction of sp³-hybridized carbons (Fsp3) is 0.625. The molecule has 3 heteroatoms. The smallest absolute Gasteiger partial charge is 0.119 e. The number of aliphatic hydroxyl groups excluding tert-OH is 1. The number of hydrogen-bond donors (Lipinski definition) is 3. The first kappa shape index (κ1) is 12.9. The lowest BCUT2D eigenvalue weighted by Gasteiger charge is -2.27. The van der Waals surface area contributed by atoms with Gasteiger partial charge in [0.25, 0.3) is 0 Å². The minimum atomic E-state index is -0.0968. The molecule has 2 aliphatic carbocycles. The summed E-state index contributed by atoms with van der Waals surface area (Å²) < 4.78 is 0. The van der Waals surface area contributed by atoms with E-state index in [1.807, 2.05) is 6.07 Å². The topological polar surface area (TPSA) is 52.5 Å². The Kier molecular flexibility index (Phi) is 3.76. The average molecular weight is 261 g/mol. The van der Waals surface area contributed by atoms with Gasteiger partial charge in [-0.15, -0.1) is 0 Å². The number of phenols is 1. The Morgan fingerprint density at radius 1 is 1.21 bits per heavy atom. The highest BCUT2D eigenvalue weighted by Gasteiger charge is 2.26. The molecule has 1 aromatic rings. The van der Waals surface area contributed by atoms with Gasteiger partial charge in [-0.3, -0.25) is 0 Å². The Morgan fingerprint density at radius 2 is 2.11 bits per heavy atom. The summed E-state index contributed by atoms with van der Waals surface area (Å²) in [5.41, 5.74) is 2.38. The van der Waals surface area contributed by atoms with Crippen LogP contribution < -0.4 is 5.32 Å². The van der Waals surface area contributed by atoms with E-state index >= 15 is 0 Å². The summed E-state index contributed by atoms with van der Waals surface area (Å²) in [6.07, 6.45) is 6.22. The van der Waals surface area contributed by atoms with E-state index < -0.39 is 0 Å². The fourth-order valence-corrected chi connectivity index (χ4v) is 3.60. The van der Waals surface area contributed by atoms with Crippen LogP contribution in [0.3, 0.4) is 0 Å². The van der Waals surface area contributed by atoms with Gasteiger partial charge in [0.15, 0.2) is 0 Å². The number of phenolic OH excluding ortho intramolecular Hbond substituents is 1. The van der Waals surface area contributed by atoms with Crippen molar-refractivity contribution in [1.29, 1.82) is 0 Å². The molecule has 1 saturated carbocycles. The number of fused-ring (bicyclic) bond motifs is 1. The molecule has 0 aromatic heterocycles. The van der Waals surface area contributed by atoms with E-state index in [0.29, 0.717) is 17.7 Å². The molecule has 0 amide bonds. The molecular formula is C16H23NO2. The molecule has 0 heterocycles. The highest BCUT2D eigenvalue weighted by atomic mass is 16.3. The van der Waals surface area contributed by atoms with Gasteiger partial charge in [0.05, 0.1) is 6.10 Å². The van der Waals surface area contributed by atoms with E-state index in [1.165, 1.54) is 12.0 Å². The summed E-state index contributed by atoms with van der Waals surface area (Å²) in [6, 6.07) is 6.20. The highest BCUT2D eigenvalue weighted by Crippen LogP contribution is 2.36. The van der Waals surface area contributed by atoms with Crippen molar-refractivity contribution in [3.05, 3.63) is 29.3 Å². The van der Waals surface area contributed by atoms with E-state index in [4.69, 9.17) is 0 Å². The number of rotatable bonds is 3. The summed E-state index contributed by atoms with van der Waals surface area (Å²) in [7, 11) is 0. The Bertz CT molecular complexity index is 446. The van der Waals surface area contributed by atoms with Crippen molar-refractivity contribution in [2.75, 3.05) is 6.54 Å². The Morgan fingerprint density at radius 3 is 2.95 bits per heavy atom. The summed E-state index contributed by atoms with van der Waals surface area (Å²) in [5.74, 6) is 1.04. The normalized spacial score (nSPS) is 30.3. The fourth-order valence-electron chi connectivity index (χ4n) is 3.60. The molecule has 1 fully saturated rings. The van der Waals surface area contributed by atoms with Crippen LogP contribution in [0.15, 0.2) is 18.2 Å². The zero-order chi connectivity index (χ0) is 13.2. The minimum absolute atomic E-state index is 0.0968. The lowest BCUT2D eigenvalue weighted by molar-refractivity contribution is 0.0996. The first-order chi connectivity index (χ1) is 9.24. The summed E-state index contributed by atoms with van der Waals surface area (Å²) >= 11 is 0. The second-order valence-electron chi connectivity index (χ2n) is 6.03. The maximum Gasteiger partial charge on any atom is 0.119 e. The molecule has 2 aliphatic rings. The van der Waals surface area contributed by atoms with Crippen molar-refractivity contribution in [2.45, 2.75) is 50.7 Å². The molecule has 3 N–H and O–H groups in total. The largest absolute Gasteiger partial charge is 0.508 e. The van der Waals surface area contributed by atoms with Gasteiger partial charge in [0.1, 0.15) is 5.75 Å². The van der Waals surface area contributed by atoms with Gasteiger partial charge in [-0.05, 0) is 61.8 Å². The van der Waals surface area contributed by atoms with Crippen LogP contribution in [0.2, 0.25) is 0 Å². The molecule has 1 aromatic carbocycles. The van der Waals surface area contributed by atoms with Crippen LogP contribution in [0.1, 0.15) is 49.3 Å². The Labute approximate surface area is 114 Å². The van der Waals surface area contributed by atoms with Gasteiger partial charge in [-0.25, -0.2) is 0 Å². The summed E-state index contributed by atoms with van der Waals surface area (Å²) in [5, 5.41) is 23.2. The maximum absolute atomic E-state index is 9.84. The monoisotopic (exact) mass is 261 g/mol. The number of aliphatic hydroxyl groups is 1. The second kappa shape index (κ2) is 5.51. The molecule has 0 saturated heterocycles. The van der Waals surface area contributed by atoms with Crippen LogP contribution in [0.5, 0.6) is 5.75 Å². The van der Waals surface area contributed by atoms with Crippen LogP contribution >= 0.6 is 0 Å². The molecule has 0 aliphatic heterocycles. The van der Waals surface area contributed by atoms with Gasteiger partial charge < -0.3 is 15.5 Å². The van der Waals surface area contributed by atoms with Gasteiger partial charge in [0.2, 0.25) is 0 Å². The Hall–Kier alpha value is -1.06. The van der Waals surface area contributed by atoms with Crippen LogP contribution in [0.25, 0.3) is 0 Å². The van der Waals surface area contributed by atoms with Crippen molar-refractivity contribution in [1.82, 2.24) is 5.32 Å². The zero-order valence-electron chi connectivity index (χ0n) is 11.3. The molecule has 3 rings (SSSR count). The van der Waals surface area contributed by atoms with E-state index in [1.54, 1.807) is 6.07 Å². The number of hydrogen-bond acceptors (Lipinski definition) is 3. The van der Waals surface area contributed by atoms with Gasteiger partial charge in [-0.2, -0.15) is 0 Å². The van der Waals surface area contributed by atoms with Crippen molar-refractivity contribution in [3.63, 3.8) is 0 Å². The maximum atomic E-state index is 9.84. The van der Waals surface area contributed by atoms with Gasteiger partial charge in [0, 0.05) is 6.04 Å². The first-order valence-corrected chi connectivity index (χ1v) is 7.46. The molecule has 104 valence electrons. The van der Waals surface area contributed by atoms with Crippen molar-refractivity contribution >= 4 is 0 Å². The number of aromatic hydroxyl groups is 1. The lowest BCUT2D eigenvalue weighted by Crippen LogP contribution is -2.30. The molecule has 0 spiro atoms. The second-order valence-corrected chi connectivity index (χ2v) is 6.03. The lowest BCUT2D eigenvalue weighted by atomic mass is 9.87. The predicted octanol–water partition coefficient (Wildman–Crippen LogP) is 2.52. The first-order valence-electron chi connectivity index (χ1n) is 7.46. The quantitative estimate of drug-likeness (QED) is 0.783. The summed E-state index contributed by atoms with van der Waals surface area (Å²) in [4.78, 5) is 0. The van der Waals surface area contributed by atoms with E-state index in [-0.39, 0.29) is 6.10 Å². The summed E-state index contributed by atoms with van der Waals surface area (Å²) in [6.45, 7) is 0.983. The highest BCUT2D eigenvalue weighted by molar-refractivity contribution is 5.44. The average Bonchev–Trinajstić information content (AvgIpc) is 2.81. The molecular weight excluding hydrogens is 238 g/mol. The standard InChI is InChI=1S/C16H23NO2/c18-12-4-1-3-11(9-12)10-17-15-8-7-14-13(15)5-2-6-16(14)19/h2,5-6,11-12,15,17-19H,1,3-4,7-10H2. The van der Waals surface area contributed by atoms with Crippen LogP contribution in [-0.2, 0) is 6.42 Å². The van der Waals surface area contributed by atoms with E-state index in [9.17, 15) is 10.2 Å². The molecule has 3 atom stereocenters. The zero-order valence-corrected chi connectivity index (χ0v) is 11.3. The van der Waals surface area contributed by atoms with Crippen molar-refractivity contribution < 1.29 is 10.2 Å². The van der Waals surface area contributed by atoms with Crippen LogP contribution in [-0.4, -0.2) is 22.9 Å². The SMILES string of the molecule is Oc1cccc2c1CCC2NCC1CCCC(O)C1. The van der Waals surface area contributed by atoms with Crippen molar-refractivity contribution in [2.24, 2.45) is 5.92 Å². The number of nitrogens with one attached hydrogen (secondary N) is 1. The molecule has 3 unspecified atom stereocenters. The third-order valence-electron chi connectivity index (χ3n) is 4.65. The van der Waals surface area contributed by atoms with E-state index in [0.717, 1.165) is 44.2 Å². The third-order valence-corrected chi connectivity index (χ3v) is 4.65. The predicted molar refractivity (Wildman–Crippen MR) is 75.1 cm³/mol. The van der Waals surface area contributed by atoms with Gasteiger partial charge in [-0.1, -0.05) is 18.6 Å². The van der Waals surface area contributed by atoms with Crippen molar-refractivity contribution in [3.8, 4) is 5.75 Å². The molecule has 0 bridgehead atoms. The number of benzene rings is 1. The minimum Gasteiger partial charge on any atom is -0.508 e. The molecule has 0 radical (unpaired) electrons. The van der Waals surface area contributed by atoms with E-state index in [2.05, 4.69) is 11.4 Å².